The SMILES string of the molecule is C=Ic1cc(C2(C(=O)OC)CC(F)(F)C2)ccc1OCC. The summed E-state index contributed by atoms with van der Waals surface area (Å²) >= 11 is -0.534. The van der Waals surface area contributed by atoms with E-state index in [-0.39, 0.29) is 0 Å². The van der Waals surface area contributed by atoms with Gasteiger partial charge in [-0.25, -0.2) is 8.78 Å². The van der Waals surface area contributed by atoms with Crippen LogP contribution < -0.4 is 4.74 Å². The number of ether oxygens (including phenoxy) is 2. The number of rotatable bonds is 5. The number of halogens is 3. The fourth-order valence-corrected chi connectivity index (χ4v) is 3.94. The van der Waals surface area contributed by atoms with Crippen molar-refractivity contribution >= 4 is 31.2 Å². The predicted molar refractivity (Wildman–Crippen MR) is 85.3 cm³/mol. The average molecular weight is 410 g/mol. The third-order valence-electron chi connectivity index (χ3n) is 3.63. The van der Waals surface area contributed by atoms with Gasteiger partial charge in [0.15, 0.2) is 0 Å². The minimum atomic E-state index is -2.81. The normalized spacial score (nSPS) is 18.7. The highest BCUT2D eigenvalue weighted by atomic mass is 127. The molecule has 1 aliphatic carbocycles. The molecule has 1 saturated carbocycles. The Balaban J connectivity index is 2.43. The van der Waals surface area contributed by atoms with Crippen LogP contribution in [0.25, 0.3) is 0 Å². The molecule has 6 heteroatoms. The summed E-state index contributed by atoms with van der Waals surface area (Å²) in [5, 5.41) is 0. The highest BCUT2D eigenvalue weighted by molar-refractivity contribution is 14.2. The average Bonchev–Trinajstić information content (AvgIpc) is 2.44. The van der Waals surface area contributed by atoms with Crippen LogP contribution in [0, 0.1) is 3.57 Å². The van der Waals surface area contributed by atoms with Crippen LogP contribution in [0.2, 0.25) is 0 Å². The van der Waals surface area contributed by atoms with Gasteiger partial charge in [0.25, 0.3) is 5.92 Å². The topological polar surface area (TPSA) is 35.5 Å². The van der Waals surface area contributed by atoms with Crippen LogP contribution in [-0.2, 0) is 14.9 Å². The van der Waals surface area contributed by atoms with Crippen molar-refractivity contribution in [1.82, 2.24) is 0 Å². The summed E-state index contributed by atoms with van der Waals surface area (Å²) in [7, 11) is 1.23. The van der Waals surface area contributed by atoms with Crippen LogP contribution in [0.3, 0.4) is 0 Å². The third kappa shape index (κ3) is 2.95. The molecule has 116 valence electrons. The first-order chi connectivity index (χ1) is 9.88. The Kier molecular flexibility index (Phi) is 4.65. The largest absolute Gasteiger partial charge is 0.493 e. The molecular formula is C15H17F2IO3. The molecule has 0 spiro atoms. The van der Waals surface area contributed by atoms with Crippen molar-refractivity contribution in [3.63, 3.8) is 0 Å². The number of carbonyl (C=O) groups excluding carboxylic acids is 1. The fourth-order valence-electron chi connectivity index (χ4n) is 2.67. The van der Waals surface area contributed by atoms with Gasteiger partial charge in [-0.1, -0.05) is 31.3 Å². The molecule has 21 heavy (non-hydrogen) atoms. The molecule has 0 atom stereocenters. The summed E-state index contributed by atoms with van der Waals surface area (Å²) in [6, 6.07) is 5.19. The monoisotopic (exact) mass is 410 g/mol. The van der Waals surface area contributed by atoms with E-state index in [1.165, 1.54) is 7.11 Å². The Morgan fingerprint density at radius 2 is 2.10 bits per heavy atom. The van der Waals surface area contributed by atoms with Crippen molar-refractivity contribution < 1.29 is 23.0 Å². The molecule has 0 unspecified atom stereocenters. The second-order valence-electron chi connectivity index (χ2n) is 5.00. The van der Waals surface area contributed by atoms with E-state index in [9.17, 15) is 13.6 Å². The maximum Gasteiger partial charge on any atom is 0.316 e. The molecule has 1 aliphatic rings. The highest BCUT2D eigenvalue weighted by Gasteiger charge is 2.62. The van der Waals surface area contributed by atoms with Gasteiger partial charge in [-0.15, -0.1) is 0 Å². The summed E-state index contributed by atoms with van der Waals surface area (Å²) in [5.41, 5.74) is -0.668. The Hall–Kier alpha value is -1.05. The molecule has 0 N–H and O–H groups in total. The first-order valence-electron chi connectivity index (χ1n) is 6.50. The van der Waals surface area contributed by atoms with Gasteiger partial charge in [-0.05, 0) is 24.6 Å². The number of hydrogen-bond acceptors (Lipinski definition) is 3. The van der Waals surface area contributed by atoms with E-state index < -0.39 is 50.9 Å². The minimum absolute atomic E-state index is 0.504. The van der Waals surface area contributed by atoms with Gasteiger partial charge < -0.3 is 9.47 Å². The van der Waals surface area contributed by atoms with Crippen LogP contribution in [0.15, 0.2) is 18.2 Å². The summed E-state index contributed by atoms with van der Waals surface area (Å²) in [4.78, 5) is 12.0. The van der Waals surface area contributed by atoms with Crippen molar-refractivity contribution in [3.05, 3.63) is 27.3 Å². The first kappa shape index (κ1) is 16.3. The predicted octanol–water partition coefficient (Wildman–Crippen LogP) is 3.50. The van der Waals surface area contributed by atoms with Gasteiger partial charge in [0, 0.05) is 16.4 Å². The molecule has 0 amide bonds. The summed E-state index contributed by atoms with van der Waals surface area (Å²) in [5.74, 6) is -2.70. The number of benzene rings is 1. The lowest BCUT2D eigenvalue weighted by Gasteiger charge is -2.45. The standard InChI is InChI=1S/C15H17F2IO3/c1-4-21-12-6-5-10(7-11(12)18-2)14(13(19)20-3)8-15(16,17)9-14/h5-7H,2,4,8-9H2,1,3H3. The van der Waals surface area contributed by atoms with E-state index in [0.717, 1.165) is 9.32 Å². The molecule has 0 saturated heterocycles. The lowest BCUT2D eigenvalue weighted by Crippen LogP contribution is -2.54. The quantitative estimate of drug-likeness (QED) is 0.551. The summed E-state index contributed by atoms with van der Waals surface area (Å²) in [6.45, 7) is 2.40. The number of hydrogen-bond donors (Lipinski definition) is 0. The molecular weight excluding hydrogens is 393 g/mol. The minimum Gasteiger partial charge on any atom is -0.493 e. The van der Waals surface area contributed by atoms with E-state index in [0.29, 0.717) is 12.2 Å². The van der Waals surface area contributed by atoms with Crippen molar-refractivity contribution in [2.24, 2.45) is 0 Å². The number of methoxy groups -OCH3 is 1. The molecule has 1 fully saturated rings. The first-order valence-corrected chi connectivity index (χ1v) is 9.11. The number of carbonyl (C=O) groups is 1. The molecule has 1 aromatic rings. The Bertz CT molecular complexity index is 564. The number of alkyl halides is 2. The molecule has 0 heterocycles. The second-order valence-corrected chi connectivity index (χ2v) is 6.92. The van der Waals surface area contributed by atoms with Crippen molar-refractivity contribution in [2.45, 2.75) is 31.1 Å². The Labute approximate surface area is 132 Å². The Morgan fingerprint density at radius 1 is 1.43 bits per heavy atom. The van der Waals surface area contributed by atoms with Crippen LogP contribution >= 0.6 is 20.7 Å². The van der Waals surface area contributed by atoms with Crippen molar-refractivity contribution in [1.29, 1.82) is 0 Å². The number of esters is 1. The molecule has 3 nitrogen and oxygen atoms in total. The van der Waals surface area contributed by atoms with E-state index in [1.807, 2.05) is 6.92 Å². The van der Waals surface area contributed by atoms with Crippen LogP contribution in [0.5, 0.6) is 5.75 Å². The van der Waals surface area contributed by atoms with Gasteiger partial charge in [-0.3, -0.25) is 4.79 Å². The zero-order valence-electron chi connectivity index (χ0n) is 11.9. The van der Waals surface area contributed by atoms with Gasteiger partial charge in [-0.2, -0.15) is 0 Å². The van der Waals surface area contributed by atoms with E-state index in [1.54, 1.807) is 18.2 Å². The van der Waals surface area contributed by atoms with Crippen LogP contribution in [0.4, 0.5) is 8.78 Å². The van der Waals surface area contributed by atoms with Crippen LogP contribution in [0.1, 0.15) is 25.3 Å². The van der Waals surface area contributed by atoms with Crippen LogP contribution in [-0.4, -0.2) is 30.1 Å². The zero-order chi connectivity index (χ0) is 15.7. The maximum absolute atomic E-state index is 13.4. The molecule has 1 aromatic carbocycles. The van der Waals surface area contributed by atoms with E-state index in [2.05, 4.69) is 4.51 Å². The lowest BCUT2D eigenvalue weighted by atomic mass is 9.62. The van der Waals surface area contributed by atoms with Gasteiger partial charge in [0.05, 0.1) is 13.7 Å². The van der Waals surface area contributed by atoms with E-state index in [4.69, 9.17) is 9.47 Å². The Morgan fingerprint density at radius 3 is 2.57 bits per heavy atom. The van der Waals surface area contributed by atoms with Crippen molar-refractivity contribution in [3.8, 4) is 5.75 Å². The smallest absolute Gasteiger partial charge is 0.316 e. The lowest BCUT2D eigenvalue weighted by molar-refractivity contribution is -0.177. The third-order valence-corrected chi connectivity index (χ3v) is 5.29. The fraction of sp³-hybridized carbons (Fsp3) is 0.467. The molecule has 0 radical (unpaired) electrons. The molecule has 0 aromatic heterocycles. The summed E-state index contributed by atoms with van der Waals surface area (Å²) in [6.07, 6.45) is -1.01. The molecule has 0 bridgehead atoms. The van der Waals surface area contributed by atoms with Gasteiger partial charge in [0.1, 0.15) is 11.2 Å². The molecule has 0 aliphatic heterocycles. The maximum atomic E-state index is 13.4. The van der Waals surface area contributed by atoms with E-state index >= 15 is 0 Å². The summed E-state index contributed by atoms with van der Waals surface area (Å²) < 4.78 is 41.8. The molecule has 2 rings (SSSR count). The van der Waals surface area contributed by atoms with Gasteiger partial charge in [0.2, 0.25) is 0 Å². The second kappa shape index (κ2) is 5.98. The highest BCUT2D eigenvalue weighted by Crippen LogP contribution is 2.54. The van der Waals surface area contributed by atoms with Crippen molar-refractivity contribution in [2.75, 3.05) is 13.7 Å². The van der Waals surface area contributed by atoms with Gasteiger partial charge >= 0.3 is 5.97 Å². The zero-order valence-corrected chi connectivity index (χ0v) is 14.1.